The number of hydrogen-bond acceptors (Lipinski definition) is 2. The summed E-state index contributed by atoms with van der Waals surface area (Å²) in [6.45, 7) is 0. The highest BCUT2D eigenvalue weighted by Crippen LogP contribution is 2.38. The lowest BCUT2D eigenvalue weighted by Gasteiger charge is -2.24. The second-order valence-electron chi connectivity index (χ2n) is 6.12. The lowest BCUT2D eigenvalue weighted by atomic mass is 9.98. The number of benzene rings is 3. The molecule has 0 bridgehead atoms. The normalized spacial score (nSPS) is 16.7. The maximum Gasteiger partial charge on any atom is 0.148 e. The monoisotopic (exact) mass is 384 g/mol. The quantitative estimate of drug-likeness (QED) is 0.503. The number of para-hydroxylation sites is 1. The Hall–Kier alpha value is -2.36. The fourth-order valence-corrected chi connectivity index (χ4v) is 3.38. The molecule has 1 aliphatic heterocycles. The van der Waals surface area contributed by atoms with Crippen LogP contribution >= 0.6 is 23.2 Å². The standard InChI is InChI=1S/C21H15Cl2FN2/c22-16-9-5-14(6-10-16)19-13-21(15-7-11-17(23)12-8-15)26(25-19)20-4-2-1-3-18(20)24/h1-12,21H,13H2/t21-/m1/s1. The van der Waals surface area contributed by atoms with Crippen LogP contribution < -0.4 is 5.01 Å². The molecule has 130 valence electrons. The van der Waals surface area contributed by atoms with Gasteiger partial charge >= 0.3 is 0 Å². The summed E-state index contributed by atoms with van der Waals surface area (Å²) < 4.78 is 14.4. The summed E-state index contributed by atoms with van der Waals surface area (Å²) in [6, 6.07) is 21.7. The molecule has 0 N–H and O–H groups in total. The highest BCUT2D eigenvalue weighted by atomic mass is 35.5. The number of anilines is 1. The van der Waals surface area contributed by atoms with Crippen molar-refractivity contribution in [1.82, 2.24) is 0 Å². The summed E-state index contributed by atoms with van der Waals surface area (Å²) in [6.07, 6.45) is 0.664. The average molecular weight is 385 g/mol. The summed E-state index contributed by atoms with van der Waals surface area (Å²) in [5.41, 5.74) is 3.36. The molecule has 0 unspecified atom stereocenters. The van der Waals surface area contributed by atoms with Gasteiger partial charge in [0.1, 0.15) is 5.82 Å². The van der Waals surface area contributed by atoms with Crippen LogP contribution in [-0.4, -0.2) is 5.71 Å². The van der Waals surface area contributed by atoms with Crippen LogP contribution in [0.25, 0.3) is 0 Å². The lowest BCUT2D eigenvalue weighted by Crippen LogP contribution is -2.19. The van der Waals surface area contributed by atoms with Gasteiger partial charge in [0.2, 0.25) is 0 Å². The molecule has 0 radical (unpaired) electrons. The van der Waals surface area contributed by atoms with Gasteiger partial charge in [0, 0.05) is 16.5 Å². The zero-order chi connectivity index (χ0) is 18.1. The fourth-order valence-electron chi connectivity index (χ4n) is 3.13. The van der Waals surface area contributed by atoms with Crippen molar-refractivity contribution in [2.75, 3.05) is 5.01 Å². The molecule has 0 aliphatic carbocycles. The van der Waals surface area contributed by atoms with Crippen LogP contribution in [0.15, 0.2) is 77.9 Å². The predicted molar refractivity (Wildman–Crippen MR) is 106 cm³/mol. The van der Waals surface area contributed by atoms with Gasteiger partial charge in [0.15, 0.2) is 0 Å². The van der Waals surface area contributed by atoms with Crippen LogP contribution in [0.3, 0.4) is 0 Å². The molecule has 26 heavy (non-hydrogen) atoms. The van der Waals surface area contributed by atoms with Crippen LogP contribution in [-0.2, 0) is 0 Å². The molecule has 0 spiro atoms. The Kier molecular flexibility index (Phi) is 4.66. The smallest absolute Gasteiger partial charge is 0.148 e. The molecule has 1 aliphatic rings. The first kappa shape index (κ1) is 17.1. The van der Waals surface area contributed by atoms with Crippen molar-refractivity contribution >= 4 is 34.6 Å². The van der Waals surface area contributed by atoms with Crippen molar-refractivity contribution in [3.8, 4) is 0 Å². The molecular weight excluding hydrogens is 370 g/mol. The minimum absolute atomic E-state index is 0.102. The van der Waals surface area contributed by atoms with E-state index in [0.29, 0.717) is 22.2 Å². The van der Waals surface area contributed by atoms with Crippen LogP contribution in [0.2, 0.25) is 10.0 Å². The lowest BCUT2D eigenvalue weighted by molar-refractivity contribution is 0.606. The van der Waals surface area contributed by atoms with Crippen molar-refractivity contribution in [3.05, 3.63) is 99.8 Å². The molecule has 5 heteroatoms. The Morgan fingerprint density at radius 1 is 0.846 bits per heavy atom. The van der Waals surface area contributed by atoms with E-state index in [0.717, 1.165) is 16.8 Å². The van der Waals surface area contributed by atoms with Crippen molar-refractivity contribution in [3.63, 3.8) is 0 Å². The Bertz CT molecular complexity index is 953. The Morgan fingerprint density at radius 2 is 1.46 bits per heavy atom. The van der Waals surface area contributed by atoms with Gasteiger partial charge in [-0.3, -0.25) is 5.01 Å². The Labute approximate surface area is 161 Å². The van der Waals surface area contributed by atoms with Crippen molar-refractivity contribution in [1.29, 1.82) is 0 Å². The third-order valence-electron chi connectivity index (χ3n) is 4.44. The molecule has 0 saturated heterocycles. The zero-order valence-electron chi connectivity index (χ0n) is 13.7. The summed E-state index contributed by atoms with van der Waals surface area (Å²) in [5.74, 6) is -0.299. The van der Waals surface area contributed by atoms with E-state index in [1.807, 2.05) is 54.6 Å². The second kappa shape index (κ2) is 7.10. The van der Waals surface area contributed by atoms with Crippen molar-refractivity contribution in [2.24, 2.45) is 5.10 Å². The van der Waals surface area contributed by atoms with Crippen LogP contribution in [0.1, 0.15) is 23.6 Å². The molecular formula is C21H15Cl2FN2. The number of hydrazone groups is 1. The summed E-state index contributed by atoms with van der Waals surface area (Å²) in [4.78, 5) is 0. The minimum Gasteiger partial charge on any atom is -0.254 e. The van der Waals surface area contributed by atoms with Gasteiger partial charge in [-0.2, -0.15) is 5.10 Å². The topological polar surface area (TPSA) is 15.6 Å². The maximum absolute atomic E-state index is 14.4. The van der Waals surface area contributed by atoms with Crippen LogP contribution in [0.5, 0.6) is 0 Å². The minimum atomic E-state index is -0.299. The van der Waals surface area contributed by atoms with Gasteiger partial charge in [0.25, 0.3) is 0 Å². The highest BCUT2D eigenvalue weighted by Gasteiger charge is 2.31. The van der Waals surface area contributed by atoms with E-state index in [1.54, 1.807) is 17.1 Å². The van der Waals surface area contributed by atoms with Crippen molar-refractivity contribution < 1.29 is 4.39 Å². The molecule has 1 atom stereocenters. The first-order chi connectivity index (χ1) is 12.6. The van der Waals surface area contributed by atoms with Gasteiger partial charge in [0.05, 0.1) is 17.4 Å². The van der Waals surface area contributed by atoms with Gasteiger partial charge in [-0.05, 0) is 47.5 Å². The Balaban J connectivity index is 1.77. The molecule has 1 heterocycles. The molecule has 3 aromatic rings. The maximum atomic E-state index is 14.4. The molecule has 2 nitrogen and oxygen atoms in total. The molecule has 3 aromatic carbocycles. The highest BCUT2D eigenvalue weighted by molar-refractivity contribution is 6.31. The van der Waals surface area contributed by atoms with Crippen molar-refractivity contribution in [2.45, 2.75) is 12.5 Å². The predicted octanol–water partition coefficient (Wildman–Crippen LogP) is 6.49. The van der Waals surface area contributed by atoms with E-state index in [1.165, 1.54) is 6.07 Å². The second-order valence-corrected chi connectivity index (χ2v) is 6.99. The SMILES string of the molecule is Fc1ccccc1N1N=C(c2ccc(Cl)cc2)C[C@@H]1c1ccc(Cl)cc1. The van der Waals surface area contributed by atoms with E-state index in [-0.39, 0.29) is 11.9 Å². The Morgan fingerprint density at radius 3 is 2.12 bits per heavy atom. The summed E-state index contributed by atoms with van der Waals surface area (Å²) in [5, 5.41) is 7.83. The molecule has 0 amide bonds. The number of nitrogens with zero attached hydrogens (tertiary/aromatic N) is 2. The third-order valence-corrected chi connectivity index (χ3v) is 4.95. The van der Waals surface area contributed by atoms with E-state index in [2.05, 4.69) is 0 Å². The average Bonchev–Trinajstić information content (AvgIpc) is 3.08. The van der Waals surface area contributed by atoms with Gasteiger partial charge in [-0.15, -0.1) is 0 Å². The van der Waals surface area contributed by atoms with Gasteiger partial charge in [-0.25, -0.2) is 4.39 Å². The molecule has 0 aromatic heterocycles. The van der Waals surface area contributed by atoms with Crippen LogP contribution in [0.4, 0.5) is 10.1 Å². The van der Waals surface area contributed by atoms with Gasteiger partial charge < -0.3 is 0 Å². The van der Waals surface area contributed by atoms with E-state index >= 15 is 0 Å². The zero-order valence-corrected chi connectivity index (χ0v) is 15.3. The first-order valence-electron chi connectivity index (χ1n) is 8.24. The summed E-state index contributed by atoms with van der Waals surface area (Å²) in [7, 11) is 0. The largest absolute Gasteiger partial charge is 0.254 e. The van der Waals surface area contributed by atoms with Crippen LogP contribution in [0, 0.1) is 5.82 Å². The number of halogens is 3. The number of hydrogen-bond donors (Lipinski definition) is 0. The molecule has 0 saturated carbocycles. The third kappa shape index (κ3) is 3.33. The van der Waals surface area contributed by atoms with E-state index in [9.17, 15) is 4.39 Å². The molecule has 4 rings (SSSR count). The van der Waals surface area contributed by atoms with E-state index < -0.39 is 0 Å². The molecule has 0 fully saturated rings. The number of rotatable bonds is 3. The fraction of sp³-hybridized carbons (Fsp3) is 0.0952. The van der Waals surface area contributed by atoms with Gasteiger partial charge in [-0.1, -0.05) is 59.6 Å². The van der Waals surface area contributed by atoms with E-state index in [4.69, 9.17) is 28.3 Å². The summed E-state index contributed by atoms with van der Waals surface area (Å²) >= 11 is 12.0. The first-order valence-corrected chi connectivity index (χ1v) is 9.00.